The Bertz CT molecular complexity index is 1090. The second-order valence-corrected chi connectivity index (χ2v) is 10.8. The number of rotatable bonds is 5. The third-order valence-electron chi connectivity index (χ3n) is 4.46. The van der Waals surface area contributed by atoms with E-state index in [2.05, 4.69) is 10.3 Å². The topological polar surface area (TPSA) is 114 Å². The van der Waals surface area contributed by atoms with Gasteiger partial charge in [0.2, 0.25) is 15.9 Å². The molecule has 1 aliphatic rings. The highest BCUT2D eigenvalue weighted by molar-refractivity contribution is 7.91. The second-order valence-electron chi connectivity index (χ2n) is 6.80. The number of sulfonamides is 1. The lowest BCUT2D eigenvalue weighted by Crippen LogP contribution is -2.40. The highest BCUT2D eigenvalue weighted by atomic mass is 32.2. The third-order valence-corrected chi connectivity index (χ3v) is 7.16. The Hall–Kier alpha value is -2.04. The fourth-order valence-corrected chi connectivity index (χ4v) is 5.64. The van der Waals surface area contributed by atoms with Crippen LogP contribution in [0.3, 0.4) is 0 Å². The summed E-state index contributed by atoms with van der Waals surface area (Å²) in [5, 5.41) is 3.98. The van der Waals surface area contributed by atoms with E-state index in [9.17, 15) is 21.6 Å². The quantitative estimate of drug-likeness (QED) is 0.765. The summed E-state index contributed by atoms with van der Waals surface area (Å²) in [7, 11) is -7.18. The number of pyridine rings is 1. The lowest BCUT2D eigenvalue weighted by Gasteiger charge is -2.19. The zero-order valence-corrected chi connectivity index (χ0v) is 16.7. The zero-order valence-electron chi connectivity index (χ0n) is 15.0. The number of aryl methyl sites for hydroxylation is 1. The molecule has 2 aromatic rings. The number of hydrogen-bond donors (Lipinski definition) is 1. The van der Waals surface area contributed by atoms with Crippen molar-refractivity contribution in [2.75, 3.05) is 25.1 Å². The molecule has 0 unspecified atom stereocenters. The highest BCUT2D eigenvalue weighted by Gasteiger charge is 2.34. The molecule has 2 heterocycles. The molecule has 0 bridgehead atoms. The van der Waals surface area contributed by atoms with Gasteiger partial charge in [-0.2, -0.15) is 4.31 Å². The SMILES string of the molecule is Cc1cncc2cccc(S(=O)(=O)N3CC[C@@H](NC(=O)CS(C)(=O)=O)C3)c12. The summed E-state index contributed by atoms with van der Waals surface area (Å²) in [5.74, 6) is -1.22. The molecule has 27 heavy (non-hydrogen) atoms. The van der Waals surface area contributed by atoms with Gasteiger partial charge in [0.25, 0.3) is 0 Å². The number of sulfone groups is 1. The van der Waals surface area contributed by atoms with Crippen LogP contribution in [0.25, 0.3) is 10.8 Å². The largest absolute Gasteiger partial charge is 0.351 e. The Balaban J connectivity index is 1.83. The highest BCUT2D eigenvalue weighted by Crippen LogP contribution is 2.29. The molecule has 0 spiro atoms. The van der Waals surface area contributed by atoms with Crippen molar-refractivity contribution in [1.29, 1.82) is 0 Å². The van der Waals surface area contributed by atoms with Crippen molar-refractivity contribution >= 4 is 36.5 Å². The maximum Gasteiger partial charge on any atom is 0.243 e. The fraction of sp³-hybridized carbons (Fsp3) is 0.412. The molecule has 1 amide bonds. The summed E-state index contributed by atoms with van der Waals surface area (Å²) in [5.41, 5.74) is 0.767. The van der Waals surface area contributed by atoms with Crippen molar-refractivity contribution in [3.63, 3.8) is 0 Å². The number of aromatic nitrogens is 1. The van der Waals surface area contributed by atoms with Crippen LogP contribution in [-0.4, -0.2) is 63.2 Å². The molecule has 3 rings (SSSR count). The smallest absolute Gasteiger partial charge is 0.243 e. The van der Waals surface area contributed by atoms with Crippen LogP contribution in [0.4, 0.5) is 0 Å². The fourth-order valence-electron chi connectivity index (χ4n) is 3.30. The molecular weight excluding hydrogens is 390 g/mol. The van der Waals surface area contributed by atoms with Crippen LogP contribution in [0.1, 0.15) is 12.0 Å². The minimum atomic E-state index is -3.76. The van der Waals surface area contributed by atoms with E-state index in [0.29, 0.717) is 11.8 Å². The summed E-state index contributed by atoms with van der Waals surface area (Å²) in [6.45, 7) is 2.18. The van der Waals surface area contributed by atoms with Gasteiger partial charge in [0.05, 0.1) is 4.90 Å². The molecule has 0 radical (unpaired) electrons. The van der Waals surface area contributed by atoms with E-state index in [-0.39, 0.29) is 18.0 Å². The number of amides is 1. The summed E-state index contributed by atoms with van der Waals surface area (Å²) in [6.07, 6.45) is 4.66. The minimum absolute atomic E-state index is 0.109. The molecule has 1 aliphatic heterocycles. The van der Waals surface area contributed by atoms with Crippen molar-refractivity contribution in [2.45, 2.75) is 24.3 Å². The number of carbonyl (C=O) groups excluding carboxylic acids is 1. The van der Waals surface area contributed by atoms with Crippen molar-refractivity contribution in [1.82, 2.24) is 14.6 Å². The number of nitrogens with zero attached hydrogens (tertiary/aromatic N) is 2. The van der Waals surface area contributed by atoms with Gasteiger partial charge in [-0.05, 0) is 25.0 Å². The van der Waals surface area contributed by atoms with Crippen molar-refractivity contribution in [2.24, 2.45) is 0 Å². The van der Waals surface area contributed by atoms with Crippen molar-refractivity contribution < 1.29 is 21.6 Å². The van der Waals surface area contributed by atoms with Crippen LogP contribution in [0, 0.1) is 6.92 Å². The first-order valence-corrected chi connectivity index (χ1v) is 11.9. The van der Waals surface area contributed by atoms with Crippen LogP contribution in [0.2, 0.25) is 0 Å². The number of benzene rings is 1. The van der Waals surface area contributed by atoms with Crippen LogP contribution in [0.5, 0.6) is 0 Å². The molecule has 1 aromatic heterocycles. The van der Waals surface area contributed by atoms with Crippen LogP contribution >= 0.6 is 0 Å². The summed E-state index contributed by atoms with van der Waals surface area (Å²) < 4.78 is 50.1. The van der Waals surface area contributed by atoms with Crippen LogP contribution < -0.4 is 5.32 Å². The third kappa shape index (κ3) is 4.28. The minimum Gasteiger partial charge on any atom is -0.351 e. The number of carbonyl (C=O) groups is 1. The lowest BCUT2D eigenvalue weighted by atomic mass is 10.1. The standard InChI is InChI=1S/C17H21N3O5S2/c1-12-8-18-9-13-4-3-5-15(17(12)13)27(24,25)20-7-6-14(10-20)19-16(21)11-26(2,22)23/h3-5,8-9,14H,6-7,10-11H2,1-2H3,(H,19,21)/t14-/m1/s1. The van der Waals surface area contributed by atoms with E-state index >= 15 is 0 Å². The average molecular weight is 412 g/mol. The predicted octanol–water partition coefficient (Wildman–Crippen LogP) is 0.467. The van der Waals surface area contributed by atoms with Gasteiger partial charge >= 0.3 is 0 Å². The van der Waals surface area contributed by atoms with Crippen LogP contribution in [0.15, 0.2) is 35.5 Å². The van der Waals surface area contributed by atoms with E-state index in [4.69, 9.17) is 0 Å². The maximum absolute atomic E-state index is 13.2. The molecule has 1 N–H and O–H groups in total. The Kier molecular flexibility index (Phi) is 5.24. The number of hydrogen-bond acceptors (Lipinski definition) is 6. The predicted molar refractivity (Wildman–Crippen MR) is 101 cm³/mol. The summed E-state index contributed by atoms with van der Waals surface area (Å²) in [4.78, 5) is 16.1. The molecule has 1 atom stereocenters. The summed E-state index contributed by atoms with van der Waals surface area (Å²) in [6, 6.07) is 4.65. The van der Waals surface area contributed by atoms with Gasteiger partial charge in [0.15, 0.2) is 9.84 Å². The second kappa shape index (κ2) is 7.17. The molecule has 1 saturated heterocycles. The van der Waals surface area contributed by atoms with Crippen LogP contribution in [-0.2, 0) is 24.7 Å². The van der Waals surface area contributed by atoms with E-state index in [1.807, 2.05) is 13.0 Å². The van der Waals surface area contributed by atoms with E-state index < -0.39 is 37.6 Å². The number of fused-ring (bicyclic) bond motifs is 1. The first kappa shape index (κ1) is 19.7. The molecule has 1 aromatic carbocycles. The van der Waals surface area contributed by atoms with Gasteiger partial charge in [0.1, 0.15) is 5.75 Å². The molecular formula is C17H21N3O5S2. The zero-order chi connectivity index (χ0) is 19.8. The molecule has 146 valence electrons. The van der Waals surface area contributed by atoms with Gasteiger partial charge in [-0.25, -0.2) is 16.8 Å². The lowest BCUT2D eigenvalue weighted by molar-refractivity contribution is -0.119. The average Bonchev–Trinajstić information content (AvgIpc) is 3.02. The Morgan fingerprint density at radius 2 is 2.00 bits per heavy atom. The Morgan fingerprint density at radius 1 is 1.26 bits per heavy atom. The van der Waals surface area contributed by atoms with E-state index in [1.165, 1.54) is 4.31 Å². The summed E-state index contributed by atoms with van der Waals surface area (Å²) >= 11 is 0. The Morgan fingerprint density at radius 3 is 2.70 bits per heavy atom. The monoisotopic (exact) mass is 411 g/mol. The first-order chi connectivity index (χ1) is 12.6. The number of nitrogens with one attached hydrogen (secondary N) is 1. The normalized spacial score (nSPS) is 18.7. The Labute approximate surface area is 158 Å². The van der Waals surface area contributed by atoms with Gasteiger partial charge in [-0.3, -0.25) is 9.78 Å². The van der Waals surface area contributed by atoms with E-state index in [0.717, 1.165) is 17.2 Å². The van der Waals surface area contributed by atoms with Gasteiger partial charge in [0, 0.05) is 48.6 Å². The van der Waals surface area contributed by atoms with Gasteiger partial charge in [-0.15, -0.1) is 0 Å². The molecule has 1 fully saturated rings. The molecule has 10 heteroatoms. The first-order valence-electron chi connectivity index (χ1n) is 8.38. The van der Waals surface area contributed by atoms with Gasteiger partial charge < -0.3 is 5.32 Å². The van der Waals surface area contributed by atoms with E-state index in [1.54, 1.807) is 24.5 Å². The van der Waals surface area contributed by atoms with Crippen molar-refractivity contribution in [3.8, 4) is 0 Å². The van der Waals surface area contributed by atoms with Crippen molar-refractivity contribution in [3.05, 3.63) is 36.2 Å². The maximum atomic E-state index is 13.2. The molecule has 8 nitrogen and oxygen atoms in total. The molecule has 0 aliphatic carbocycles. The molecule has 0 saturated carbocycles. The van der Waals surface area contributed by atoms with Gasteiger partial charge in [-0.1, -0.05) is 12.1 Å².